The topological polar surface area (TPSA) is 66.5 Å². The lowest BCUT2D eigenvalue weighted by molar-refractivity contribution is 0.0692. The van der Waals surface area contributed by atoms with E-state index < -0.39 is 9.84 Å². The molecule has 5 nitrogen and oxygen atoms in total. The molecule has 0 saturated carbocycles. The van der Waals surface area contributed by atoms with Crippen molar-refractivity contribution in [3.05, 3.63) is 47.3 Å². The molecule has 1 aromatic carbocycles. The molecule has 1 saturated heterocycles. The summed E-state index contributed by atoms with van der Waals surface area (Å²) in [5.41, 5.74) is 0. The van der Waals surface area contributed by atoms with E-state index >= 15 is 0 Å². The van der Waals surface area contributed by atoms with Crippen molar-refractivity contribution in [2.75, 3.05) is 26.7 Å². The molecule has 7 heteroatoms. The fourth-order valence-electron chi connectivity index (χ4n) is 3.22. The fraction of sp³-hybridized carbons (Fsp3) is 0.421. The van der Waals surface area contributed by atoms with Crippen molar-refractivity contribution >= 4 is 27.1 Å². The van der Waals surface area contributed by atoms with Crippen molar-refractivity contribution in [1.29, 1.82) is 0 Å². The molecule has 140 valence electrons. The number of nitrogens with zero attached hydrogens (tertiary/aromatic N) is 1. The monoisotopic (exact) mass is 392 g/mol. The Labute approximate surface area is 159 Å². The molecule has 26 heavy (non-hydrogen) atoms. The standard InChI is InChI=1S/C19H24N2O3S2/c1-20-12-9-15-10-13-21(14-11-15)19(22)17-7-8-18(25-17)26(23,24)16-5-3-2-4-6-16/h2-8,15,20H,9-14H2,1H3. The highest BCUT2D eigenvalue weighted by atomic mass is 32.2. The maximum atomic E-state index is 12.7. The van der Waals surface area contributed by atoms with Crippen LogP contribution in [0.2, 0.25) is 0 Å². The maximum absolute atomic E-state index is 12.7. The molecule has 1 aromatic heterocycles. The molecule has 1 aliphatic heterocycles. The Kier molecular flexibility index (Phi) is 6.11. The molecular weight excluding hydrogens is 368 g/mol. The first-order chi connectivity index (χ1) is 12.5. The number of nitrogens with one attached hydrogen (secondary N) is 1. The SMILES string of the molecule is CNCCC1CCN(C(=O)c2ccc(S(=O)(=O)c3ccccc3)s2)CC1. The van der Waals surface area contributed by atoms with E-state index in [4.69, 9.17) is 0 Å². The average molecular weight is 393 g/mol. The average Bonchev–Trinajstić information content (AvgIpc) is 3.18. The summed E-state index contributed by atoms with van der Waals surface area (Å²) in [7, 11) is -1.61. The number of hydrogen-bond acceptors (Lipinski definition) is 5. The highest BCUT2D eigenvalue weighted by Crippen LogP contribution is 2.29. The van der Waals surface area contributed by atoms with Gasteiger partial charge in [-0.05, 0) is 63.0 Å². The molecule has 1 amide bonds. The summed E-state index contributed by atoms with van der Waals surface area (Å²) in [6.45, 7) is 2.49. The molecule has 0 bridgehead atoms. The van der Waals surface area contributed by atoms with Crippen LogP contribution >= 0.6 is 11.3 Å². The van der Waals surface area contributed by atoms with Crippen LogP contribution in [0.25, 0.3) is 0 Å². The van der Waals surface area contributed by atoms with E-state index in [-0.39, 0.29) is 15.0 Å². The van der Waals surface area contributed by atoms with Gasteiger partial charge in [0, 0.05) is 13.1 Å². The molecule has 0 aliphatic carbocycles. The molecule has 0 spiro atoms. The minimum absolute atomic E-state index is 0.0587. The van der Waals surface area contributed by atoms with Crippen molar-refractivity contribution in [3.63, 3.8) is 0 Å². The van der Waals surface area contributed by atoms with Gasteiger partial charge in [0.2, 0.25) is 9.84 Å². The summed E-state index contributed by atoms with van der Waals surface area (Å²) < 4.78 is 25.6. The van der Waals surface area contributed by atoms with Gasteiger partial charge in [0.15, 0.2) is 0 Å². The molecule has 0 unspecified atom stereocenters. The fourth-order valence-corrected chi connectivity index (χ4v) is 5.92. The Morgan fingerprint density at radius 1 is 1.15 bits per heavy atom. The normalized spacial score (nSPS) is 16.0. The third-order valence-electron chi connectivity index (χ3n) is 4.81. The van der Waals surface area contributed by atoms with Crippen LogP contribution in [0, 0.1) is 5.92 Å². The van der Waals surface area contributed by atoms with E-state index in [1.165, 1.54) is 0 Å². The van der Waals surface area contributed by atoms with Gasteiger partial charge < -0.3 is 10.2 Å². The van der Waals surface area contributed by atoms with Crippen molar-refractivity contribution in [2.24, 2.45) is 5.92 Å². The Morgan fingerprint density at radius 2 is 1.85 bits per heavy atom. The molecule has 0 atom stereocenters. The highest BCUT2D eigenvalue weighted by Gasteiger charge is 2.26. The predicted molar refractivity (Wildman–Crippen MR) is 103 cm³/mol. The van der Waals surface area contributed by atoms with Crippen LogP contribution in [0.5, 0.6) is 0 Å². The van der Waals surface area contributed by atoms with Gasteiger partial charge in [-0.2, -0.15) is 0 Å². The molecule has 0 radical (unpaired) electrons. The van der Waals surface area contributed by atoms with E-state index in [9.17, 15) is 13.2 Å². The molecule has 1 fully saturated rings. The summed E-state index contributed by atoms with van der Waals surface area (Å²) in [5.74, 6) is 0.598. The van der Waals surface area contributed by atoms with Gasteiger partial charge in [0.1, 0.15) is 4.21 Å². The van der Waals surface area contributed by atoms with Crippen molar-refractivity contribution in [3.8, 4) is 0 Å². The summed E-state index contributed by atoms with van der Waals surface area (Å²) in [6.07, 6.45) is 3.15. The summed E-state index contributed by atoms with van der Waals surface area (Å²) >= 11 is 1.06. The minimum Gasteiger partial charge on any atom is -0.338 e. The second-order valence-corrected chi connectivity index (χ2v) is 9.82. The minimum atomic E-state index is -3.56. The summed E-state index contributed by atoms with van der Waals surface area (Å²) in [5, 5.41) is 3.17. The number of rotatable bonds is 6. The van der Waals surface area contributed by atoms with Crippen molar-refractivity contribution in [2.45, 2.75) is 28.4 Å². The van der Waals surface area contributed by atoms with Crippen LogP contribution in [0.4, 0.5) is 0 Å². The first-order valence-corrected chi connectivity index (χ1v) is 11.2. The van der Waals surface area contributed by atoms with Crippen LogP contribution in [0.1, 0.15) is 28.9 Å². The molecule has 1 N–H and O–H groups in total. The van der Waals surface area contributed by atoms with Gasteiger partial charge in [-0.15, -0.1) is 11.3 Å². The van der Waals surface area contributed by atoms with Crippen LogP contribution in [0.3, 0.4) is 0 Å². The predicted octanol–water partition coefficient (Wildman–Crippen LogP) is 3.04. The van der Waals surface area contributed by atoms with Crippen LogP contribution in [-0.2, 0) is 9.84 Å². The van der Waals surface area contributed by atoms with E-state index in [1.54, 1.807) is 42.5 Å². The summed E-state index contributed by atoms with van der Waals surface area (Å²) in [6, 6.07) is 11.5. The number of piperidine rings is 1. The first kappa shape index (κ1) is 19.1. The van der Waals surface area contributed by atoms with Crippen LogP contribution in [-0.4, -0.2) is 45.9 Å². The third-order valence-corrected chi connectivity index (χ3v) is 8.15. The summed E-state index contributed by atoms with van der Waals surface area (Å²) in [4.78, 5) is 15.3. The molecular formula is C19H24N2O3S2. The van der Waals surface area contributed by atoms with Gasteiger partial charge >= 0.3 is 0 Å². The quantitative estimate of drug-likeness (QED) is 0.821. The van der Waals surface area contributed by atoms with Crippen LogP contribution in [0.15, 0.2) is 51.6 Å². The molecule has 1 aliphatic rings. The zero-order valence-corrected chi connectivity index (χ0v) is 16.5. The zero-order chi connectivity index (χ0) is 18.6. The number of hydrogen-bond donors (Lipinski definition) is 1. The van der Waals surface area contributed by atoms with Gasteiger partial charge in [0.05, 0.1) is 9.77 Å². The Bertz CT molecular complexity index is 839. The first-order valence-electron chi connectivity index (χ1n) is 8.86. The van der Waals surface area contributed by atoms with E-state index in [1.807, 2.05) is 11.9 Å². The Morgan fingerprint density at radius 3 is 2.50 bits per heavy atom. The third kappa shape index (κ3) is 4.16. The Hall–Kier alpha value is -1.70. The molecule has 2 heterocycles. The van der Waals surface area contributed by atoms with E-state index in [2.05, 4.69) is 5.32 Å². The number of sulfone groups is 1. The highest BCUT2D eigenvalue weighted by molar-refractivity contribution is 7.93. The number of carbonyl (C=O) groups is 1. The lowest BCUT2D eigenvalue weighted by Crippen LogP contribution is -2.38. The lowest BCUT2D eigenvalue weighted by Gasteiger charge is -2.31. The van der Waals surface area contributed by atoms with Crippen LogP contribution < -0.4 is 5.32 Å². The second kappa shape index (κ2) is 8.33. The lowest BCUT2D eigenvalue weighted by atomic mass is 9.93. The largest absolute Gasteiger partial charge is 0.338 e. The van der Waals surface area contributed by atoms with Gasteiger partial charge in [-0.1, -0.05) is 18.2 Å². The van der Waals surface area contributed by atoms with Crippen molar-refractivity contribution in [1.82, 2.24) is 10.2 Å². The number of carbonyl (C=O) groups excluding carboxylic acids is 1. The number of benzene rings is 1. The van der Waals surface area contributed by atoms with Gasteiger partial charge in [0.25, 0.3) is 5.91 Å². The number of thiophene rings is 1. The smallest absolute Gasteiger partial charge is 0.263 e. The van der Waals surface area contributed by atoms with E-state index in [0.29, 0.717) is 10.8 Å². The van der Waals surface area contributed by atoms with Gasteiger partial charge in [-0.25, -0.2) is 8.42 Å². The molecule has 3 rings (SSSR count). The van der Waals surface area contributed by atoms with Gasteiger partial charge in [-0.3, -0.25) is 4.79 Å². The second-order valence-electron chi connectivity index (χ2n) is 6.56. The number of amides is 1. The van der Waals surface area contributed by atoms with Crippen molar-refractivity contribution < 1.29 is 13.2 Å². The number of likely N-dealkylation sites (tertiary alicyclic amines) is 1. The Balaban J connectivity index is 1.68. The zero-order valence-electron chi connectivity index (χ0n) is 14.8. The maximum Gasteiger partial charge on any atom is 0.263 e. The van der Waals surface area contributed by atoms with E-state index in [0.717, 1.165) is 50.2 Å². The molecule has 2 aromatic rings.